The summed E-state index contributed by atoms with van der Waals surface area (Å²) in [5.74, 6) is -1.22. The van der Waals surface area contributed by atoms with Crippen LogP contribution >= 0.6 is 47.8 Å². The van der Waals surface area contributed by atoms with Gasteiger partial charge < -0.3 is 0 Å². The van der Waals surface area contributed by atoms with Crippen LogP contribution < -0.4 is 0 Å². The molecule has 0 spiro atoms. The molecule has 0 heterocycles. The van der Waals surface area contributed by atoms with Crippen LogP contribution in [0.25, 0.3) is 0 Å². The van der Waals surface area contributed by atoms with Gasteiger partial charge >= 0.3 is 0 Å². The van der Waals surface area contributed by atoms with E-state index in [2.05, 4.69) is 47.8 Å². The van der Waals surface area contributed by atoms with E-state index in [0.717, 1.165) is 0 Å². The lowest BCUT2D eigenvalue weighted by molar-refractivity contribution is 0.564. The van der Waals surface area contributed by atoms with Gasteiger partial charge in [-0.1, -0.05) is 53.9 Å². The molecule has 0 bridgehead atoms. The molecule has 66 valence electrons. The highest BCUT2D eigenvalue weighted by molar-refractivity contribution is 9.38. The van der Waals surface area contributed by atoms with Gasteiger partial charge in [-0.25, -0.2) is 8.78 Å². The van der Waals surface area contributed by atoms with Gasteiger partial charge in [0.1, 0.15) is 11.6 Å². The van der Waals surface area contributed by atoms with Gasteiger partial charge in [0.2, 0.25) is 0 Å². The van der Waals surface area contributed by atoms with Crippen LogP contribution in [0.2, 0.25) is 0 Å². The summed E-state index contributed by atoms with van der Waals surface area (Å²) in [7, 11) is 0. The Morgan fingerprint density at radius 2 is 1.42 bits per heavy atom. The standard InChI is InChI=1S/C7H3Br3F2/c8-7(9,10)6-4(11)2-1-3-5(6)12/h1-3H. The average molecular weight is 365 g/mol. The Hall–Kier alpha value is 0.520. The van der Waals surface area contributed by atoms with Crippen molar-refractivity contribution >= 4 is 47.8 Å². The van der Waals surface area contributed by atoms with Crippen LogP contribution in [0.1, 0.15) is 5.56 Å². The lowest BCUT2D eigenvalue weighted by atomic mass is 10.2. The molecular weight excluding hydrogens is 362 g/mol. The van der Waals surface area contributed by atoms with Gasteiger partial charge in [0.15, 0.2) is 2.14 Å². The summed E-state index contributed by atoms with van der Waals surface area (Å²) in [4.78, 5) is 0. The minimum atomic E-state index is -1.04. The molecule has 0 aromatic heterocycles. The third-order valence-electron chi connectivity index (χ3n) is 1.25. The zero-order valence-corrected chi connectivity index (χ0v) is 10.4. The van der Waals surface area contributed by atoms with Crippen LogP contribution in [-0.2, 0) is 2.14 Å². The molecule has 0 aliphatic rings. The molecule has 0 saturated heterocycles. The molecule has 0 fully saturated rings. The van der Waals surface area contributed by atoms with E-state index in [1.54, 1.807) is 0 Å². The lowest BCUT2D eigenvalue weighted by Crippen LogP contribution is -2.05. The molecule has 0 aliphatic carbocycles. The van der Waals surface area contributed by atoms with Crippen LogP contribution in [0.3, 0.4) is 0 Å². The predicted octanol–water partition coefficient (Wildman–Crippen LogP) is 4.26. The van der Waals surface area contributed by atoms with E-state index in [4.69, 9.17) is 0 Å². The fourth-order valence-corrected chi connectivity index (χ4v) is 1.90. The largest absolute Gasteiger partial charge is 0.206 e. The van der Waals surface area contributed by atoms with Gasteiger partial charge in [0.25, 0.3) is 0 Å². The molecule has 0 unspecified atom stereocenters. The Labute approximate surface area is 93.7 Å². The van der Waals surface area contributed by atoms with Crippen molar-refractivity contribution in [2.75, 3.05) is 0 Å². The maximum atomic E-state index is 13.0. The zero-order valence-electron chi connectivity index (χ0n) is 5.62. The molecule has 0 saturated carbocycles. The van der Waals surface area contributed by atoms with Crippen LogP contribution in [0.5, 0.6) is 0 Å². The molecule has 1 aromatic carbocycles. The highest BCUT2D eigenvalue weighted by atomic mass is 80.0. The number of hydrogen-bond donors (Lipinski definition) is 0. The van der Waals surface area contributed by atoms with Gasteiger partial charge in [-0.2, -0.15) is 0 Å². The van der Waals surface area contributed by atoms with Crippen LogP contribution in [-0.4, -0.2) is 0 Å². The second-order valence-corrected chi connectivity index (χ2v) is 8.86. The summed E-state index contributed by atoms with van der Waals surface area (Å²) in [6.07, 6.45) is 0. The van der Waals surface area contributed by atoms with Crippen molar-refractivity contribution < 1.29 is 8.78 Å². The molecule has 0 N–H and O–H groups in total. The van der Waals surface area contributed by atoms with Gasteiger partial charge in [0.05, 0.1) is 5.56 Å². The number of benzene rings is 1. The first-order chi connectivity index (χ1) is 5.43. The summed E-state index contributed by atoms with van der Waals surface area (Å²) >= 11 is 9.12. The third kappa shape index (κ3) is 2.26. The SMILES string of the molecule is Fc1cccc(F)c1C(Br)(Br)Br. The van der Waals surface area contributed by atoms with E-state index < -0.39 is 13.8 Å². The Kier molecular flexibility index (Phi) is 3.28. The van der Waals surface area contributed by atoms with E-state index in [1.807, 2.05) is 0 Å². The number of rotatable bonds is 0. The van der Waals surface area contributed by atoms with Crippen molar-refractivity contribution in [3.8, 4) is 0 Å². The minimum Gasteiger partial charge on any atom is -0.206 e. The predicted molar refractivity (Wildman–Crippen MR) is 54.8 cm³/mol. The van der Waals surface area contributed by atoms with Crippen molar-refractivity contribution in [1.29, 1.82) is 0 Å². The first kappa shape index (κ1) is 10.6. The quantitative estimate of drug-likeness (QED) is 0.603. The van der Waals surface area contributed by atoms with Gasteiger partial charge in [0, 0.05) is 0 Å². The van der Waals surface area contributed by atoms with E-state index >= 15 is 0 Å². The summed E-state index contributed by atoms with van der Waals surface area (Å²) in [5.41, 5.74) is -0.0926. The molecule has 0 atom stereocenters. The zero-order chi connectivity index (χ0) is 9.35. The molecular formula is C7H3Br3F2. The fraction of sp³-hybridized carbons (Fsp3) is 0.143. The number of hydrogen-bond acceptors (Lipinski definition) is 0. The topological polar surface area (TPSA) is 0 Å². The van der Waals surface area contributed by atoms with Gasteiger partial charge in [-0.05, 0) is 12.1 Å². The second kappa shape index (κ2) is 3.72. The molecule has 1 aromatic rings. The minimum absolute atomic E-state index is 0.0926. The Morgan fingerprint density at radius 1 is 1.00 bits per heavy atom. The third-order valence-corrected chi connectivity index (χ3v) is 2.44. The van der Waals surface area contributed by atoms with E-state index in [0.29, 0.717) is 0 Å². The first-order valence-electron chi connectivity index (χ1n) is 2.94. The van der Waals surface area contributed by atoms with Crippen molar-refractivity contribution in [1.82, 2.24) is 0 Å². The average Bonchev–Trinajstić information content (AvgIpc) is 1.82. The van der Waals surface area contributed by atoms with Crippen LogP contribution in [0.15, 0.2) is 18.2 Å². The Balaban J connectivity index is 3.31. The first-order valence-corrected chi connectivity index (χ1v) is 5.32. The monoisotopic (exact) mass is 362 g/mol. The molecule has 0 amide bonds. The smallest absolute Gasteiger partial charge is 0.165 e. The summed E-state index contributed by atoms with van der Waals surface area (Å²) < 4.78 is 25.0. The highest BCUT2D eigenvalue weighted by Crippen LogP contribution is 2.46. The molecule has 5 heteroatoms. The number of halogens is 5. The fourth-order valence-electron chi connectivity index (χ4n) is 0.769. The van der Waals surface area contributed by atoms with E-state index in [1.165, 1.54) is 18.2 Å². The van der Waals surface area contributed by atoms with Gasteiger partial charge in [-0.3, -0.25) is 0 Å². The van der Waals surface area contributed by atoms with E-state index in [-0.39, 0.29) is 5.56 Å². The van der Waals surface area contributed by atoms with Crippen molar-refractivity contribution in [3.63, 3.8) is 0 Å². The van der Waals surface area contributed by atoms with Gasteiger partial charge in [-0.15, -0.1) is 0 Å². The maximum Gasteiger partial charge on any atom is 0.165 e. The lowest BCUT2D eigenvalue weighted by Gasteiger charge is -2.13. The van der Waals surface area contributed by atoms with Crippen molar-refractivity contribution in [2.45, 2.75) is 2.14 Å². The van der Waals surface area contributed by atoms with E-state index in [9.17, 15) is 8.78 Å². The van der Waals surface area contributed by atoms with Crippen molar-refractivity contribution in [2.24, 2.45) is 0 Å². The van der Waals surface area contributed by atoms with Crippen LogP contribution in [0.4, 0.5) is 8.78 Å². The Bertz CT molecular complexity index is 273. The summed E-state index contributed by atoms with van der Waals surface area (Å²) in [6.45, 7) is 0. The summed E-state index contributed by atoms with van der Waals surface area (Å²) in [5, 5.41) is 0. The van der Waals surface area contributed by atoms with Crippen molar-refractivity contribution in [3.05, 3.63) is 35.4 Å². The Morgan fingerprint density at radius 3 is 1.67 bits per heavy atom. The molecule has 1 rings (SSSR count). The van der Waals surface area contributed by atoms with Crippen LogP contribution in [0, 0.1) is 11.6 Å². The molecule has 0 nitrogen and oxygen atoms in total. The number of alkyl halides is 3. The molecule has 12 heavy (non-hydrogen) atoms. The highest BCUT2D eigenvalue weighted by Gasteiger charge is 2.28. The normalized spacial score (nSPS) is 11.8. The second-order valence-electron chi connectivity index (χ2n) is 2.09. The maximum absolute atomic E-state index is 13.0. The molecule has 0 aliphatic heterocycles. The molecule has 0 radical (unpaired) electrons. The summed E-state index contributed by atoms with van der Waals surface area (Å²) in [6, 6.07) is 3.70.